The van der Waals surface area contributed by atoms with Crippen molar-refractivity contribution >= 4 is 58.4 Å². The highest BCUT2D eigenvalue weighted by molar-refractivity contribution is 6.16. The fraction of sp³-hybridized carbons (Fsp3) is 0.0244. The van der Waals surface area contributed by atoms with Gasteiger partial charge in [0.2, 0.25) is 0 Å². The second-order valence-corrected chi connectivity index (χ2v) is 11.8. The Balaban J connectivity index is 1.51. The smallest absolute Gasteiger partial charge is 0.354 e. The normalized spacial score (nSPS) is 12.3. The molecule has 50 heavy (non-hydrogen) atoms. The van der Waals surface area contributed by atoms with Gasteiger partial charge in [-0.2, -0.15) is 13.2 Å². The topological polar surface area (TPSA) is 91.5 Å². The van der Waals surface area contributed by atoms with Crippen molar-refractivity contribution in [3.63, 3.8) is 0 Å². The van der Waals surface area contributed by atoms with Crippen molar-refractivity contribution in [2.45, 2.75) is 6.18 Å². The van der Waals surface area contributed by atoms with Crippen LogP contribution in [0.25, 0.3) is 68.6 Å². The van der Waals surface area contributed by atoms with E-state index in [4.69, 9.17) is 9.97 Å². The number of ketones is 1. The first-order chi connectivity index (χ1) is 24.3. The molecule has 0 atom stereocenters. The summed E-state index contributed by atoms with van der Waals surface area (Å²) in [6, 6.07) is 30.6. The summed E-state index contributed by atoms with van der Waals surface area (Å²) < 4.78 is 40.2. The number of aromatic amines is 2. The third-order valence-corrected chi connectivity index (χ3v) is 8.74. The molecule has 9 heteroatoms. The molecule has 5 heterocycles. The maximum atomic E-state index is 14.3. The van der Waals surface area contributed by atoms with Gasteiger partial charge < -0.3 is 9.97 Å². The zero-order valence-corrected chi connectivity index (χ0v) is 26.1. The molecule has 8 rings (SSSR count). The number of H-pyrrole nitrogens is 2. The van der Waals surface area contributed by atoms with Gasteiger partial charge in [0.1, 0.15) is 0 Å². The maximum Gasteiger partial charge on any atom is 0.416 e. The summed E-state index contributed by atoms with van der Waals surface area (Å²) in [6.45, 7) is 0. The average Bonchev–Trinajstić information content (AvgIpc) is 3.96. The number of benzene rings is 3. The Morgan fingerprint density at radius 2 is 1.04 bits per heavy atom. The van der Waals surface area contributed by atoms with Crippen LogP contribution >= 0.6 is 0 Å². The van der Waals surface area contributed by atoms with Crippen molar-refractivity contribution in [1.29, 1.82) is 0 Å². The lowest BCUT2D eigenvalue weighted by Gasteiger charge is -2.08. The summed E-state index contributed by atoms with van der Waals surface area (Å²) >= 11 is 0. The molecule has 3 aromatic carbocycles. The number of rotatable bonds is 5. The van der Waals surface area contributed by atoms with E-state index in [9.17, 15) is 22.8 Å². The van der Waals surface area contributed by atoms with Gasteiger partial charge in [0.25, 0.3) is 0 Å². The molecule has 6 nitrogen and oxygen atoms in total. The van der Waals surface area contributed by atoms with Crippen LogP contribution in [0.3, 0.4) is 0 Å². The SMILES string of the molecule is O=Cc1c2nc(c(-c3ccccc3)c3ccc([nH]3)c(C(=O)c3ccc(C(F)(F)F)cc3)c3nc(c(-c4ccccc4)c4ccc1[nH]4)C=C3)C=C2. The molecule has 242 valence electrons. The van der Waals surface area contributed by atoms with E-state index >= 15 is 0 Å². The highest BCUT2D eigenvalue weighted by Crippen LogP contribution is 2.35. The van der Waals surface area contributed by atoms with E-state index in [-0.39, 0.29) is 11.1 Å². The van der Waals surface area contributed by atoms with Crippen LogP contribution in [0.4, 0.5) is 13.2 Å². The number of halogens is 3. The highest BCUT2D eigenvalue weighted by atomic mass is 19.4. The summed E-state index contributed by atoms with van der Waals surface area (Å²) in [5.41, 5.74) is 7.21. The van der Waals surface area contributed by atoms with E-state index in [1.165, 1.54) is 12.1 Å². The molecule has 0 amide bonds. The molecule has 0 unspecified atom stereocenters. The van der Waals surface area contributed by atoms with Gasteiger partial charge in [-0.25, -0.2) is 9.97 Å². The molecule has 0 saturated heterocycles. The number of hydrogen-bond donors (Lipinski definition) is 2. The van der Waals surface area contributed by atoms with E-state index in [0.29, 0.717) is 50.4 Å². The molecule has 0 radical (unpaired) electrons. The van der Waals surface area contributed by atoms with Crippen LogP contribution in [0.5, 0.6) is 0 Å². The second kappa shape index (κ2) is 12.1. The minimum absolute atomic E-state index is 0.0795. The number of carbonyl (C=O) groups is 2. The minimum atomic E-state index is -4.54. The number of nitrogens with one attached hydrogen (secondary N) is 2. The van der Waals surface area contributed by atoms with Gasteiger partial charge in [-0.15, -0.1) is 0 Å². The molecular weight excluding hydrogens is 637 g/mol. The van der Waals surface area contributed by atoms with Gasteiger partial charge in [0, 0.05) is 27.7 Å². The second-order valence-electron chi connectivity index (χ2n) is 11.8. The summed E-state index contributed by atoms with van der Waals surface area (Å²) in [7, 11) is 0. The molecule has 2 aliphatic heterocycles. The Kier molecular flexibility index (Phi) is 7.45. The first kappa shape index (κ1) is 30.7. The van der Waals surface area contributed by atoms with Gasteiger partial charge in [0.15, 0.2) is 12.1 Å². The van der Waals surface area contributed by atoms with Crippen LogP contribution in [-0.2, 0) is 6.18 Å². The van der Waals surface area contributed by atoms with Crippen molar-refractivity contribution < 1.29 is 22.8 Å². The molecule has 2 aliphatic rings. The Hall–Kier alpha value is -6.61. The number of nitrogens with zero attached hydrogens (tertiary/aromatic N) is 2. The molecule has 0 aliphatic carbocycles. The predicted octanol–water partition coefficient (Wildman–Crippen LogP) is 10.1. The molecular formula is C41H25F3N4O2. The molecule has 0 spiro atoms. The Morgan fingerprint density at radius 1 is 0.560 bits per heavy atom. The van der Waals surface area contributed by atoms with Crippen LogP contribution in [-0.4, -0.2) is 32.0 Å². The number of carbonyl (C=O) groups excluding carboxylic acids is 2. The van der Waals surface area contributed by atoms with Crippen molar-refractivity contribution in [2.24, 2.45) is 0 Å². The number of hydrogen-bond acceptors (Lipinski definition) is 4. The zero-order chi connectivity index (χ0) is 34.4. The molecule has 2 N–H and O–H groups in total. The van der Waals surface area contributed by atoms with Crippen LogP contribution in [0.1, 0.15) is 54.6 Å². The fourth-order valence-electron chi connectivity index (χ4n) is 6.36. The predicted molar refractivity (Wildman–Crippen MR) is 190 cm³/mol. The zero-order valence-electron chi connectivity index (χ0n) is 26.1. The van der Waals surface area contributed by atoms with Crippen LogP contribution < -0.4 is 0 Å². The number of alkyl halides is 3. The number of fused-ring (bicyclic) bond motifs is 8. The molecule has 0 fully saturated rings. The van der Waals surface area contributed by atoms with Gasteiger partial charge in [0.05, 0.1) is 50.5 Å². The third-order valence-electron chi connectivity index (χ3n) is 8.74. The lowest BCUT2D eigenvalue weighted by Crippen LogP contribution is -2.08. The molecule has 8 bridgehead atoms. The molecule has 6 aromatic rings. The largest absolute Gasteiger partial charge is 0.416 e. The summed E-state index contributed by atoms with van der Waals surface area (Å²) in [5, 5.41) is 0. The van der Waals surface area contributed by atoms with Crippen molar-refractivity contribution in [2.75, 3.05) is 0 Å². The summed E-state index contributed by atoms with van der Waals surface area (Å²) in [5.74, 6) is -0.499. The minimum Gasteiger partial charge on any atom is -0.354 e. The lowest BCUT2D eigenvalue weighted by molar-refractivity contribution is -0.137. The average molecular weight is 663 g/mol. The van der Waals surface area contributed by atoms with Gasteiger partial charge >= 0.3 is 6.18 Å². The summed E-state index contributed by atoms with van der Waals surface area (Å²) in [4.78, 5) is 43.6. The standard InChI is InChI=1S/C41H25F3N4O2/c42-41(43,44)27-13-11-26(12-14-27)40(50)39-35-21-19-33(47-35)37(24-7-3-1-4-8-24)31-17-15-29(45-31)28(23-49)30-16-18-32(46-30)38(25-9-5-2-6-10-25)34-20-22-36(39)48-34/h1-23,45,48H. The number of aromatic nitrogens is 4. The molecule has 0 saturated carbocycles. The van der Waals surface area contributed by atoms with E-state index < -0.39 is 17.5 Å². The Bertz CT molecular complexity index is 2510. The first-order valence-corrected chi connectivity index (χ1v) is 15.7. The summed E-state index contributed by atoms with van der Waals surface area (Å²) in [6.07, 6.45) is 3.41. The van der Waals surface area contributed by atoms with Crippen molar-refractivity contribution in [3.8, 4) is 22.3 Å². The first-order valence-electron chi connectivity index (χ1n) is 15.7. The van der Waals surface area contributed by atoms with E-state index in [1.54, 1.807) is 24.3 Å². The molecule has 3 aromatic heterocycles. The highest BCUT2D eigenvalue weighted by Gasteiger charge is 2.30. The maximum absolute atomic E-state index is 14.3. The van der Waals surface area contributed by atoms with E-state index in [2.05, 4.69) is 9.97 Å². The van der Waals surface area contributed by atoms with Gasteiger partial charge in [-0.3, -0.25) is 9.59 Å². The third kappa shape index (κ3) is 5.44. The Morgan fingerprint density at radius 3 is 1.60 bits per heavy atom. The van der Waals surface area contributed by atoms with E-state index in [1.807, 2.05) is 84.9 Å². The number of aldehydes is 1. The van der Waals surface area contributed by atoms with Crippen molar-refractivity contribution in [3.05, 3.63) is 154 Å². The van der Waals surface area contributed by atoms with Crippen LogP contribution in [0, 0.1) is 0 Å². The van der Waals surface area contributed by atoms with Crippen LogP contribution in [0.15, 0.2) is 109 Å². The quantitative estimate of drug-likeness (QED) is 0.142. The lowest BCUT2D eigenvalue weighted by atomic mass is 10.0. The monoisotopic (exact) mass is 662 g/mol. The van der Waals surface area contributed by atoms with Gasteiger partial charge in [-0.05, 0) is 71.8 Å². The van der Waals surface area contributed by atoms with Gasteiger partial charge in [-0.1, -0.05) is 72.8 Å². The van der Waals surface area contributed by atoms with E-state index in [0.717, 1.165) is 40.7 Å². The fourth-order valence-corrected chi connectivity index (χ4v) is 6.36. The van der Waals surface area contributed by atoms with Crippen molar-refractivity contribution in [1.82, 2.24) is 19.9 Å². The van der Waals surface area contributed by atoms with Crippen LogP contribution in [0.2, 0.25) is 0 Å². The Labute approximate surface area is 283 Å².